The van der Waals surface area contributed by atoms with Crippen molar-refractivity contribution in [2.24, 2.45) is 0 Å². The number of anilines is 2. The number of hydrogen-bond donors (Lipinski definition) is 2. The van der Waals surface area contributed by atoms with Crippen LogP contribution in [-0.4, -0.2) is 50.4 Å². The number of benzene rings is 2. The molecule has 2 aliphatic heterocycles. The van der Waals surface area contributed by atoms with Crippen LogP contribution in [0, 0.1) is 0 Å². The normalized spacial score (nSPS) is 17.0. The van der Waals surface area contributed by atoms with Gasteiger partial charge in [-0.1, -0.05) is 39.0 Å². The van der Waals surface area contributed by atoms with Crippen LogP contribution in [-0.2, 0) is 5.41 Å². The van der Waals surface area contributed by atoms with Crippen LogP contribution in [0.25, 0.3) is 22.3 Å². The zero-order valence-corrected chi connectivity index (χ0v) is 23.8. The highest BCUT2D eigenvalue weighted by Crippen LogP contribution is 2.48. The molecule has 2 aromatic heterocycles. The van der Waals surface area contributed by atoms with Crippen molar-refractivity contribution in [2.45, 2.75) is 52.0 Å². The van der Waals surface area contributed by atoms with Gasteiger partial charge in [-0.2, -0.15) is 5.10 Å². The fourth-order valence-corrected chi connectivity index (χ4v) is 5.57. The first kappa shape index (κ1) is 26.6. The minimum atomic E-state index is -0.230. The number of aromatic nitrogens is 4. The highest BCUT2D eigenvalue weighted by atomic mass is 16.7. The topological polar surface area (TPSA) is 120 Å². The van der Waals surface area contributed by atoms with Crippen molar-refractivity contribution in [2.75, 3.05) is 30.9 Å². The lowest BCUT2D eigenvalue weighted by atomic mass is 9.87. The van der Waals surface area contributed by atoms with Gasteiger partial charge in [0.25, 0.3) is 5.91 Å². The molecular formula is C31H35N7O3. The second kappa shape index (κ2) is 10.4. The molecule has 1 fully saturated rings. The number of allylic oxidation sites excluding steroid dienone is 1. The molecule has 1 saturated heterocycles. The number of carbonyl (C=O) groups excluding carboxylic acids is 1. The Morgan fingerprint density at radius 3 is 2.63 bits per heavy atom. The van der Waals surface area contributed by atoms with Crippen LogP contribution >= 0.6 is 0 Å². The van der Waals surface area contributed by atoms with Gasteiger partial charge in [-0.05, 0) is 61.2 Å². The van der Waals surface area contributed by atoms with Gasteiger partial charge in [0.1, 0.15) is 17.8 Å². The number of fused-ring (bicyclic) bond motifs is 2. The molecule has 212 valence electrons. The second-order valence-corrected chi connectivity index (χ2v) is 11.5. The molecule has 0 aliphatic carbocycles. The van der Waals surface area contributed by atoms with E-state index in [1.54, 1.807) is 0 Å². The molecule has 6 rings (SSSR count). The van der Waals surface area contributed by atoms with Crippen molar-refractivity contribution in [3.05, 3.63) is 66.1 Å². The molecule has 0 spiro atoms. The second-order valence-electron chi connectivity index (χ2n) is 11.5. The third kappa shape index (κ3) is 4.94. The largest absolute Gasteiger partial charge is 0.453 e. The van der Waals surface area contributed by atoms with Gasteiger partial charge < -0.3 is 25.4 Å². The van der Waals surface area contributed by atoms with Crippen LogP contribution in [0.4, 0.5) is 11.5 Å². The Morgan fingerprint density at radius 1 is 1.10 bits per heavy atom. The molecule has 0 bridgehead atoms. The zero-order chi connectivity index (χ0) is 28.7. The number of nitrogen functional groups attached to an aromatic ring is 1. The monoisotopic (exact) mass is 553 g/mol. The molecule has 41 heavy (non-hydrogen) atoms. The number of ether oxygens (including phenoxy) is 2. The van der Waals surface area contributed by atoms with E-state index >= 15 is 0 Å². The van der Waals surface area contributed by atoms with Crippen molar-refractivity contribution in [3.63, 3.8) is 0 Å². The quantitative estimate of drug-likeness (QED) is 0.331. The van der Waals surface area contributed by atoms with E-state index in [1.165, 1.54) is 6.33 Å². The third-order valence-electron chi connectivity index (χ3n) is 7.69. The van der Waals surface area contributed by atoms with Crippen LogP contribution in [0.3, 0.4) is 0 Å². The highest BCUT2D eigenvalue weighted by Gasteiger charge is 2.30. The Bertz CT molecular complexity index is 1640. The van der Waals surface area contributed by atoms with Gasteiger partial charge >= 0.3 is 0 Å². The average molecular weight is 554 g/mol. The summed E-state index contributed by atoms with van der Waals surface area (Å²) >= 11 is 0. The Labute approximate surface area is 239 Å². The number of nitrogens with two attached hydrogens (primary N) is 1. The lowest BCUT2D eigenvalue weighted by molar-refractivity contribution is 0.102. The summed E-state index contributed by atoms with van der Waals surface area (Å²) in [6.07, 6.45) is 7.67. The number of carbonyl (C=O) groups is 1. The van der Waals surface area contributed by atoms with Crippen molar-refractivity contribution in [3.8, 4) is 22.8 Å². The number of rotatable bonds is 5. The summed E-state index contributed by atoms with van der Waals surface area (Å²) in [5, 5.41) is 8.70. The van der Waals surface area contributed by atoms with Gasteiger partial charge in [-0.25, -0.2) is 14.6 Å². The van der Waals surface area contributed by atoms with E-state index in [2.05, 4.69) is 53.2 Å². The van der Waals surface area contributed by atoms with Crippen LogP contribution < -0.4 is 20.5 Å². The minimum Gasteiger partial charge on any atom is -0.453 e. The summed E-state index contributed by atoms with van der Waals surface area (Å²) in [4.78, 5) is 24.3. The Hall–Kier alpha value is -4.60. The summed E-state index contributed by atoms with van der Waals surface area (Å²) in [5.74, 6) is 1.07. The van der Waals surface area contributed by atoms with E-state index in [0.717, 1.165) is 31.5 Å². The van der Waals surface area contributed by atoms with Crippen molar-refractivity contribution < 1.29 is 14.3 Å². The number of piperidine rings is 1. The standard InChI is InChI=1S/C31H35N7O3/c1-5-14-37-15-6-7-21(16-37)38-29-24(28(32)33-17-34-29)25(36-38)22-12-13-23(27-26(22)40-18-41-27)35-30(39)19-8-10-20(11-9-19)31(2,3)4/h5,8-14,17,21H,6-7,15-16,18H2,1-4H3,(H,35,39)(H2,32,33,34)/t21-/m1/s1. The number of nitrogens with one attached hydrogen (secondary N) is 1. The maximum Gasteiger partial charge on any atom is 0.255 e. The summed E-state index contributed by atoms with van der Waals surface area (Å²) in [5.41, 5.74) is 10.7. The molecule has 4 heterocycles. The molecule has 2 aliphatic rings. The molecule has 0 unspecified atom stereocenters. The summed E-state index contributed by atoms with van der Waals surface area (Å²) in [6, 6.07) is 11.5. The van der Waals surface area contributed by atoms with E-state index in [-0.39, 0.29) is 24.2 Å². The Balaban J connectivity index is 1.36. The summed E-state index contributed by atoms with van der Waals surface area (Å²) in [6.45, 7) is 10.3. The number of hydrogen-bond acceptors (Lipinski definition) is 8. The van der Waals surface area contributed by atoms with Crippen LogP contribution in [0.15, 0.2) is 55.0 Å². The van der Waals surface area contributed by atoms with Crippen molar-refractivity contribution in [1.82, 2.24) is 24.6 Å². The van der Waals surface area contributed by atoms with Gasteiger partial charge in [0, 0.05) is 24.2 Å². The number of nitrogens with zero attached hydrogens (tertiary/aromatic N) is 5. The minimum absolute atomic E-state index is 0.00531. The SMILES string of the molecule is CC=CN1CCC[C@@H](n2nc(-c3ccc(NC(=O)c4ccc(C(C)(C)C)cc4)c4c3OCO4)c3c(N)ncnc32)C1. The lowest BCUT2D eigenvalue weighted by Gasteiger charge is -2.32. The van der Waals surface area contributed by atoms with Gasteiger partial charge in [0.05, 0.1) is 17.1 Å². The molecule has 2 aromatic carbocycles. The first-order chi connectivity index (χ1) is 19.7. The Morgan fingerprint density at radius 2 is 1.88 bits per heavy atom. The van der Waals surface area contributed by atoms with Gasteiger partial charge in [-0.15, -0.1) is 0 Å². The maximum absolute atomic E-state index is 13.1. The molecule has 4 aromatic rings. The fourth-order valence-electron chi connectivity index (χ4n) is 5.57. The first-order valence-corrected chi connectivity index (χ1v) is 13.9. The molecule has 10 nitrogen and oxygen atoms in total. The molecule has 1 atom stereocenters. The maximum atomic E-state index is 13.1. The Kier molecular flexibility index (Phi) is 6.76. The van der Waals surface area contributed by atoms with Crippen LogP contribution in [0.2, 0.25) is 0 Å². The van der Waals surface area contributed by atoms with E-state index in [0.29, 0.717) is 50.9 Å². The molecular weight excluding hydrogens is 518 g/mol. The predicted molar refractivity (Wildman–Crippen MR) is 159 cm³/mol. The first-order valence-electron chi connectivity index (χ1n) is 13.9. The number of amides is 1. The zero-order valence-electron chi connectivity index (χ0n) is 23.8. The van der Waals surface area contributed by atoms with Gasteiger partial charge in [0.2, 0.25) is 6.79 Å². The van der Waals surface area contributed by atoms with E-state index in [9.17, 15) is 4.79 Å². The smallest absolute Gasteiger partial charge is 0.255 e. The summed E-state index contributed by atoms with van der Waals surface area (Å²) in [7, 11) is 0. The molecule has 1 amide bonds. The average Bonchev–Trinajstić information content (AvgIpc) is 3.60. The lowest BCUT2D eigenvalue weighted by Crippen LogP contribution is -2.33. The van der Waals surface area contributed by atoms with E-state index < -0.39 is 0 Å². The summed E-state index contributed by atoms with van der Waals surface area (Å²) < 4.78 is 13.8. The van der Waals surface area contributed by atoms with Gasteiger partial charge in [-0.3, -0.25) is 4.79 Å². The molecule has 10 heteroatoms. The van der Waals surface area contributed by atoms with Crippen molar-refractivity contribution in [1.29, 1.82) is 0 Å². The highest BCUT2D eigenvalue weighted by molar-refractivity contribution is 6.06. The van der Waals surface area contributed by atoms with E-state index in [1.807, 2.05) is 48.0 Å². The van der Waals surface area contributed by atoms with Crippen molar-refractivity contribution >= 4 is 28.4 Å². The van der Waals surface area contributed by atoms with Gasteiger partial charge in [0.15, 0.2) is 17.1 Å². The van der Waals surface area contributed by atoms with E-state index in [4.69, 9.17) is 20.3 Å². The predicted octanol–water partition coefficient (Wildman–Crippen LogP) is 5.52. The molecule has 0 radical (unpaired) electrons. The molecule has 3 N–H and O–H groups in total. The van der Waals surface area contributed by atoms with Crippen LogP contribution in [0.5, 0.6) is 11.5 Å². The van der Waals surface area contributed by atoms with Crippen LogP contribution in [0.1, 0.15) is 62.5 Å². The molecule has 0 saturated carbocycles. The fraction of sp³-hybridized carbons (Fsp3) is 0.355. The number of likely N-dealkylation sites (tertiary alicyclic amines) is 1. The third-order valence-corrected chi connectivity index (χ3v) is 7.69.